The zero-order valence-electron chi connectivity index (χ0n) is 11.9. The van der Waals surface area contributed by atoms with Crippen molar-refractivity contribution in [1.29, 1.82) is 0 Å². The van der Waals surface area contributed by atoms with E-state index >= 15 is 0 Å². The summed E-state index contributed by atoms with van der Waals surface area (Å²) >= 11 is 0. The van der Waals surface area contributed by atoms with Crippen LogP contribution in [0, 0.1) is 11.8 Å². The molecule has 1 aliphatic rings. The molecule has 1 saturated carbocycles. The highest BCUT2D eigenvalue weighted by atomic mass is 16.5. The molecule has 0 bridgehead atoms. The third kappa shape index (κ3) is 2.90. The van der Waals surface area contributed by atoms with Gasteiger partial charge in [-0.1, -0.05) is 40.0 Å². The van der Waals surface area contributed by atoms with Gasteiger partial charge < -0.3 is 4.74 Å². The van der Waals surface area contributed by atoms with Gasteiger partial charge in [0, 0.05) is 13.5 Å². The van der Waals surface area contributed by atoms with E-state index in [-0.39, 0.29) is 0 Å². The third-order valence-electron chi connectivity index (χ3n) is 4.52. The summed E-state index contributed by atoms with van der Waals surface area (Å²) in [6.07, 6.45) is 7.49. The number of rotatable bonds is 6. The highest BCUT2D eigenvalue weighted by Gasteiger charge is 2.48. The molecule has 1 aliphatic carbocycles. The molecule has 0 aromatic heterocycles. The summed E-state index contributed by atoms with van der Waals surface area (Å²) in [4.78, 5) is 12.5. The Morgan fingerprint density at radius 2 is 1.82 bits per heavy atom. The largest absolute Gasteiger partial charge is 0.370 e. The first-order valence-electron chi connectivity index (χ1n) is 7.18. The highest BCUT2D eigenvalue weighted by Crippen LogP contribution is 2.42. The molecule has 17 heavy (non-hydrogen) atoms. The quantitative estimate of drug-likeness (QED) is 0.656. The van der Waals surface area contributed by atoms with Crippen LogP contribution in [-0.2, 0) is 9.53 Å². The minimum Gasteiger partial charge on any atom is -0.370 e. The summed E-state index contributed by atoms with van der Waals surface area (Å²) in [5.41, 5.74) is -0.494. The van der Waals surface area contributed by atoms with E-state index in [0.717, 1.165) is 25.7 Å². The van der Waals surface area contributed by atoms with Gasteiger partial charge in [0.2, 0.25) is 0 Å². The van der Waals surface area contributed by atoms with Crippen molar-refractivity contribution in [1.82, 2.24) is 0 Å². The van der Waals surface area contributed by atoms with Gasteiger partial charge in [-0.3, -0.25) is 4.79 Å². The fraction of sp³-hybridized carbons (Fsp3) is 0.933. The lowest BCUT2D eigenvalue weighted by Gasteiger charge is -2.45. The van der Waals surface area contributed by atoms with Crippen molar-refractivity contribution in [2.75, 3.05) is 7.11 Å². The zero-order chi connectivity index (χ0) is 12.9. The van der Waals surface area contributed by atoms with Crippen molar-refractivity contribution in [2.24, 2.45) is 11.8 Å². The molecule has 2 atom stereocenters. The second kappa shape index (κ2) is 6.53. The van der Waals surface area contributed by atoms with Crippen LogP contribution in [0.3, 0.4) is 0 Å². The zero-order valence-corrected chi connectivity index (χ0v) is 11.9. The molecule has 0 heterocycles. The minimum absolute atomic E-state index is 0.341. The third-order valence-corrected chi connectivity index (χ3v) is 4.52. The summed E-state index contributed by atoms with van der Waals surface area (Å²) in [5.74, 6) is 1.07. The number of carbonyl (C=O) groups excluding carboxylic acids is 1. The lowest BCUT2D eigenvalue weighted by molar-refractivity contribution is -0.162. The van der Waals surface area contributed by atoms with Crippen LogP contribution in [-0.4, -0.2) is 18.5 Å². The van der Waals surface area contributed by atoms with Gasteiger partial charge in [-0.15, -0.1) is 0 Å². The number of unbranched alkanes of at least 4 members (excludes halogenated alkanes) is 2. The maximum absolute atomic E-state index is 12.5. The summed E-state index contributed by atoms with van der Waals surface area (Å²) in [7, 11) is 1.72. The van der Waals surface area contributed by atoms with Gasteiger partial charge >= 0.3 is 0 Å². The number of ketones is 1. The van der Waals surface area contributed by atoms with Gasteiger partial charge in [0.05, 0.1) is 0 Å². The molecule has 0 aromatic carbocycles. The normalized spacial score (nSPS) is 33.6. The maximum atomic E-state index is 12.5. The summed E-state index contributed by atoms with van der Waals surface area (Å²) in [6.45, 7) is 6.52. The molecule has 0 amide bonds. The molecule has 2 nitrogen and oxygen atoms in total. The van der Waals surface area contributed by atoms with E-state index < -0.39 is 5.60 Å². The van der Waals surface area contributed by atoms with Crippen molar-refractivity contribution in [3.63, 3.8) is 0 Å². The van der Waals surface area contributed by atoms with Crippen LogP contribution in [0.25, 0.3) is 0 Å². The minimum atomic E-state index is -0.494. The molecule has 2 heteroatoms. The van der Waals surface area contributed by atoms with E-state index in [1.807, 2.05) is 0 Å². The number of hydrogen-bond acceptors (Lipinski definition) is 2. The van der Waals surface area contributed by atoms with Crippen LogP contribution in [0.2, 0.25) is 0 Å². The van der Waals surface area contributed by atoms with E-state index in [2.05, 4.69) is 20.8 Å². The number of Topliss-reactive ketones (excluding diaryl/α,β-unsaturated/α-hetero) is 1. The van der Waals surface area contributed by atoms with Crippen molar-refractivity contribution in [2.45, 2.75) is 71.3 Å². The molecule has 1 fully saturated rings. The van der Waals surface area contributed by atoms with Gasteiger partial charge in [0.1, 0.15) is 5.60 Å². The fourth-order valence-corrected chi connectivity index (χ4v) is 3.44. The van der Waals surface area contributed by atoms with E-state index in [4.69, 9.17) is 4.74 Å². The van der Waals surface area contributed by atoms with Crippen LogP contribution < -0.4 is 0 Å². The maximum Gasteiger partial charge on any atom is 0.165 e. The molecule has 0 aliphatic heterocycles. The molecule has 0 aromatic rings. The second-order valence-electron chi connectivity index (χ2n) is 5.61. The van der Waals surface area contributed by atoms with Crippen LogP contribution in [0.1, 0.15) is 65.7 Å². The Kier molecular flexibility index (Phi) is 5.64. The molecule has 0 spiro atoms. The molecule has 0 N–H and O–H groups in total. The van der Waals surface area contributed by atoms with E-state index in [0.29, 0.717) is 24.0 Å². The predicted octanol–water partition coefficient (Wildman–Crippen LogP) is 3.98. The van der Waals surface area contributed by atoms with Crippen LogP contribution in [0.15, 0.2) is 0 Å². The first-order chi connectivity index (χ1) is 8.09. The van der Waals surface area contributed by atoms with E-state index in [1.54, 1.807) is 7.11 Å². The van der Waals surface area contributed by atoms with E-state index in [9.17, 15) is 4.79 Å². The standard InChI is InChI=1S/C15H28O2/c1-5-6-7-11-14(16)15(17-4)12(2)9-8-10-13(15)3/h12-13H,5-11H2,1-4H3. The second-order valence-corrected chi connectivity index (χ2v) is 5.61. The smallest absolute Gasteiger partial charge is 0.165 e. The lowest BCUT2D eigenvalue weighted by atomic mass is 9.66. The summed E-state index contributed by atoms with van der Waals surface area (Å²) in [6, 6.07) is 0. The van der Waals surface area contributed by atoms with Crippen LogP contribution in [0.4, 0.5) is 0 Å². The molecular formula is C15H28O2. The first-order valence-corrected chi connectivity index (χ1v) is 7.18. The molecular weight excluding hydrogens is 212 g/mol. The molecule has 100 valence electrons. The average molecular weight is 240 g/mol. The van der Waals surface area contributed by atoms with Crippen molar-refractivity contribution < 1.29 is 9.53 Å². The molecule has 0 radical (unpaired) electrons. The topological polar surface area (TPSA) is 26.3 Å². The van der Waals surface area contributed by atoms with Gasteiger partial charge in [-0.25, -0.2) is 0 Å². The number of carbonyl (C=O) groups is 1. The number of ether oxygens (including phenoxy) is 1. The fourth-order valence-electron chi connectivity index (χ4n) is 3.44. The van der Waals surface area contributed by atoms with Gasteiger partial charge in [-0.2, -0.15) is 0 Å². The monoisotopic (exact) mass is 240 g/mol. The number of methoxy groups -OCH3 is 1. The molecule has 0 saturated heterocycles. The van der Waals surface area contributed by atoms with Crippen molar-refractivity contribution in [3.05, 3.63) is 0 Å². The van der Waals surface area contributed by atoms with Crippen LogP contribution in [0.5, 0.6) is 0 Å². The van der Waals surface area contributed by atoms with Gasteiger partial charge in [0.25, 0.3) is 0 Å². The van der Waals surface area contributed by atoms with Crippen molar-refractivity contribution >= 4 is 5.78 Å². The molecule has 2 unspecified atom stereocenters. The van der Waals surface area contributed by atoms with Crippen molar-refractivity contribution in [3.8, 4) is 0 Å². The number of hydrogen-bond donors (Lipinski definition) is 0. The van der Waals surface area contributed by atoms with Crippen LogP contribution >= 0.6 is 0 Å². The Morgan fingerprint density at radius 3 is 2.29 bits per heavy atom. The summed E-state index contributed by atoms with van der Waals surface area (Å²) < 4.78 is 5.75. The Morgan fingerprint density at radius 1 is 1.24 bits per heavy atom. The first kappa shape index (κ1) is 14.7. The SMILES string of the molecule is CCCCCC(=O)C1(OC)C(C)CCCC1C. The highest BCUT2D eigenvalue weighted by molar-refractivity contribution is 5.88. The lowest BCUT2D eigenvalue weighted by Crippen LogP contribution is -2.53. The average Bonchev–Trinajstić information content (AvgIpc) is 2.30. The Bertz CT molecular complexity index is 237. The molecule has 1 rings (SSSR count). The van der Waals surface area contributed by atoms with E-state index in [1.165, 1.54) is 12.8 Å². The predicted molar refractivity (Wildman–Crippen MR) is 71.1 cm³/mol. The van der Waals surface area contributed by atoms with Gasteiger partial charge in [-0.05, 0) is 31.1 Å². The Hall–Kier alpha value is -0.370. The van der Waals surface area contributed by atoms with Gasteiger partial charge in [0.15, 0.2) is 5.78 Å². The Labute approximate surface area is 106 Å². The summed E-state index contributed by atoms with van der Waals surface area (Å²) in [5, 5.41) is 0. The Balaban J connectivity index is 2.74.